The fourth-order valence-corrected chi connectivity index (χ4v) is 6.04. The third-order valence-electron chi connectivity index (χ3n) is 7.83. The van der Waals surface area contributed by atoms with Crippen molar-refractivity contribution in [1.29, 1.82) is 0 Å². The molecule has 1 aliphatic heterocycles. The summed E-state index contributed by atoms with van der Waals surface area (Å²) in [6.07, 6.45) is 5.16. The van der Waals surface area contributed by atoms with Crippen molar-refractivity contribution in [3.8, 4) is 11.3 Å². The fourth-order valence-electron chi connectivity index (χ4n) is 6.04. The third kappa shape index (κ3) is 5.08. The number of ether oxygens (including phenoxy) is 1. The van der Waals surface area contributed by atoms with Gasteiger partial charge in [-0.1, -0.05) is 43.2 Å². The van der Waals surface area contributed by atoms with Crippen molar-refractivity contribution in [3.63, 3.8) is 0 Å². The molecule has 1 aliphatic carbocycles. The van der Waals surface area contributed by atoms with Gasteiger partial charge in [0.2, 0.25) is 0 Å². The minimum atomic E-state index is -1.01. The Morgan fingerprint density at radius 1 is 1.24 bits per heavy atom. The van der Waals surface area contributed by atoms with Crippen LogP contribution in [0.5, 0.6) is 0 Å². The molecule has 0 radical (unpaired) electrons. The van der Waals surface area contributed by atoms with Crippen LogP contribution in [0.4, 0.5) is 0 Å². The number of imidazole rings is 1. The smallest absolute Gasteiger partial charge is 0.275 e. The normalized spacial score (nSPS) is 24.4. The lowest BCUT2D eigenvalue weighted by molar-refractivity contribution is -0.0893. The summed E-state index contributed by atoms with van der Waals surface area (Å²) < 4.78 is 9.45. The van der Waals surface area contributed by atoms with E-state index in [1.807, 2.05) is 58.3 Å². The van der Waals surface area contributed by atoms with Crippen LogP contribution < -0.4 is 5.32 Å². The van der Waals surface area contributed by atoms with E-state index >= 15 is 0 Å². The predicted octanol–water partition coefficient (Wildman–Crippen LogP) is 2.97. The summed E-state index contributed by atoms with van der Waals surface area (Å²) in [4.78, 5) is 20.8. The van der Waals surface area contributed by atoms with E-state index in [0.717, 1.165) is 48.5 Å². The molecule has 1 amide bonds. The molecule has 37 heavy (non-hydrogen) atoms. The topological polar surface area (TPSA) is 97.4 Å². The lowest BCUT2D eigenvalue weighted by Gasteiger charge is -2.41. The van der Waals surface area contributed by atoms with E-state index in [4.69, 9.17) is 9.72 Å². The number of rotatable bonds is 7. The quantitative estimate of drug-likeness (QED) is 0.511. The van der Waals surface area contributed by atoms with Gasteiger partial charge in [-0.15, -0.1) is 0 Å². The van der Waals surface area contributed by atoms with Crippen molar-refractivity contribution in [3.05, 3.63) is 59.8 Å². The highest BCUT2D eigenvalue weighted by atomic mass is 16.5. The van der Waals surface area contributed by atoms with Crippen LogP contribution in [-0.2, 0) is 11.3 Å². The van der Waals surface area contributed by atoms with Crippen LogP contribution in [-0.4, -0.2) is 80.2 Å². The van der Waals surface area contributed by atoms with Crippen LogP contribution in [0.2, 0.25) is 0 Å². The predicted molar refractivity (Wildman–Crippen MR) is 141 cm³/mol. The maximum absolute atomic E-state index is 14.2. The number of aromatic nitrogens is 4. The molecule has 1 saturated heterocycles. The van der Waals surface area contributed by atoms with Gasteiger partial charge in [-0.3, -0.25) is 9.48 Å². The van der Waals surface area contributed by atoms with E-state index < -0.39 is 5.60 Å². The van der Waals surface area contributed by atoms with Gasteiger partial charge >= 0.3 is 0 Å². The second kappa shape index (κ2) is 10.8. The molecule has 9 nitrogen and oxygen atoms in total. The van der Waals surface area contributed by atoms with Gasteiger partial charge in [-0.2, -0.15) is 5.10 Å². The molecular weight excluding hydrogens is 468 g/mol. The number of amides is 1. The van der Waals surface area contributed by atoms with Crippen molar-refractivity contribution >= 4 is 5.91 Å². The zero-order chi connectivity index (χ0) is 26.0. The summed E-state index contributed by atoms with van der Waals surface area (Å²) in [5.74, 6) is -0.0864. The Kier molecular flexibility index (Phi) is 7.46. The molecule has 0 spiro atoms. The monoisotopic (exact) mass is 506 g/mol. The van der Waals surface area contributed by atoms with Crippen molar-refractivity contribution < 1.29 is 14.6 Å². The van der Waals surface area contributed by atoms with Crippen LogP contribution >= 0.6 is 0 Å². The molecule has 1 saturated carbocycles. The van der Waals surface area contributed by atoms with E-state index in [-0.39, 0.29) is 24.6 Å². The molecule has 5 rings (SSSR count). The zero-order valence-electron chi connectivity index (χ0n) is 22.1. The highest BCUT2D eigenvalue weighted by Gasteiger charge is 2.42. The first kappa shape index (κ1) is 25.6. The van der Waals surface area contributed by atoms with Gasteiger partial charge in [0.05, 0.1) is 43.0 Å². The Morgan fingerprint density at radius 3 is 2.78 bits per heavy atom. The molecular formula is C28H38N6O3. The number of benzene rings is 1. The first-order valence-corrected chi connectivity index (χ1v) is 13.3. The first-order valence-electron chi connectivity index (χ1n) is 13.3. The summed E-state index contributed by atoms with van der Waals surface area (Å²) in [6, 6.07) is 11.7. The summed E-state index contributed by atoms with van der Waals surface area (Å²) in [5, 5.41) is 19.7. The maximum Gasteiger partial charge on any atom is 0.275 e. The van der Waals surface area contributed by atoms with Gasteiger partial charge < -0.3 is 24.6 Å². The molecule has 0 unspecified atom stereocenters. The van der Waals surface area contributed by atoms with E-state index in [1.54, 1.807) is 13.4 Å². The number of hydrogen-bond donors (Lipinski definition) is 2. The molecule has 9 heteroatoms. The maximum atomic E-state index is 14.2. The Labute approximate surface area is 218 Å². The Bertz CT molecular complexity index is 1220. The van der Waals surface area contributed by atoms with Crippen molar-refractivity contribution in [2.24, 2.45) is 0 Å². The fraction of sp³-hybridized carbons (Fsp3) is 0.536. The number of hydrogen-bond acceptors (Lipinski definition) is 6. The zero-order valence-corrected chi connectivity index (χ0v) is 22.1. The summed E-state index contributed by atoms with van der Waals surface area (Å²) >= 11 is 0. The van der Waals surface area contributed by atoms with Gasteiger partial charge in [-0.25, -0.2) is 4.98 Å². The standard InChI is InChI=1S/C28H38N6O3/c1-20-15-21(2)34(31-20)17-23-16-29-13-14-32(23)27(35)25-26(22-9-5-4-6-10-22)33(19-30-25)24-11-7-8-12-28(24,36)18-37-3/h4-6,9-10,15,19,23-24,29,36H,7-8,11-14,16-18H2,1-3H3/t23-,24+,28+/m0/s1. The Hall–Kier alpha value is -3.01. The number of carbonyl (C=O) groups is 1. The lowest BCUT2D eigenvalue weighted by Crippen LogP contribution is -2.55. The average molecular weight is 507 g/mol. The second-order valence-corrected chi connectivity index (χ2v) is 10.5. The largest absolute Gasteiger partial charge is 0.385 e. The minimum absolute atomic E-state index is 0.0480. The average Bonchev–Trinajstić information content (AvgIpc) is 3.47. The molecule has 0 bridgehead atoms. The number of aryl methyl sites for hydroxylation is 2. The van der Waals surface area contributed by atoms with Crippen molar-refractivity contribution in [1.82, 2.24) is 29.5 Å². The lowest BCUT2D eigenvalue weighted by atomic mass is 9.80. The second-order valence-electron chi connectivity index (χ2n) is 10.5. The SMILES string of the molecule is COC[C@]1(O)CCCC[C@H]1n1cnc(C(=O)N2CCNC[C@H]2Cn2nc(C)cc2C)c1-c1ccccc1. The molecule has 3 atom stereocenters. The van der Waals surface area contributed by atoms with Gasteiger partial charge in [0, 0.05) is 38.0 Å². The van der Waals surface area contributed by atoms with Gasteiger partial charge in [0.25, 0.3) is 5.91 Å². The molecule has 198 valence electrons. The highest BCUT2D eigenvalue weighted by molar-refractivity contribution is 5.98. The summed E-state index contributed by atoms with van der Waals surface area (Å²) in [7, 11) is 1.62. The molecule has 2 aromatic heterocycles. The molecule has 3 heterocycles. The first-order chi connectivity index (χ1) is 17.9. The van der Waals surface area contributed by atoms with Crippen LogP contribution in [0.15, 0.2) is 42.7 Å². The van der Waals surface area contributed by atoms with Crippen molar-refractivity contribution in [2.75, 3.05) is 33.4 Å². The van der Waals surface area contributed by atoms with E-state index in [9.17, 15) is 9.90 Å². The number of nitrogens with one attached hydrogen (secondary N) is 1. The number of piperazine rings is 1. The Morgan fingerprint density at radius 2 is 2.05 bits per heavy atom. The number of aliphatic hydroxyl groups is 1. The number of nitrogens with zero attached hydrogens (tertiary/aromatic N) is 5. The molecule has 1 aromatic carbocycles. The summed E-state index contributed by atoms with van der Waals surface area (Å²) in [5.41, 5.74) is 3.15. The molecule has 2 N–H and O–H groups in total. The van der Waals surface area contributed by atoms with Crippen LogP contribution in [0, 0.1) is 13.8 Å². The van der Waals surface area contributed by atoms with E-state index in [1.165, 1.54) is 0 Å². The summed E-state index contributed by atoms with van der Waals surface area (Å²) in [6.45, 7) is 6.93. The third-order valence-corrected chi connectivity index (χ3v) is 7.83. The van der Waals surface area contributed by atoms with E-state index in [2.05, 4.69) is 16.5 Å². The number of methoxy groups -OCH3 is 1. The molecule has 3 aromatic rings. The highest BCUT2D eigenvalue weighted by Crippen LogP contribution is 2.41. The molecule has 2 fully saturated rings. The van der Waals surface area contributed by atoms with Crippen LogP contribution in [0.1, 0.15) is 53.6 Å². The van der Waals surface area contributed by atoms with Crippen LogP contribution in [0.3, 0.4) is 0 Å². The van der Waals surface area contributed by atoms with E-state index in [0.29, 0.717) is 31.7 Å². The van der Waals surface area contributed by atoms with Gasteiger partial charge in [0.15, 0.2) is 5.69 Å². The van der Waals surface area contributed by atoms with Crippen LogP contribution in [0.25, 0.3) is 11.3 Å². The Balaban J connectivity index is 1.53. The minimum Gasteiger partial charge on any atom is -0.385 e. The number of carbonyl (C=O) groups excluding carboxylic acids is 1. The van der Waals surface area contributed by atoms with Gasteiger partial charge in [-0.05, 0) is 32.8 Å². The van der Waals surface area contributed by atoms with Crippen molar-refractivity contribution in [2.45, 2.75) is 63.8 Å². The molecule has 2 aliphatic rings. The van der Waals surface area contributed by atoms with Gasteiger partial charge in [0.1, 0.15) is 5.60 Å².